The number of ether oxygens (including phenoxy) is 2. The van der Waals surface area contributed by atoms with E-state index in [1.54, 1.807) is 7.11 Å². The van der Waals surface area contributed by atoms with Gasteiger partial charge < -0.3 is 9.47 Å². The molecule has 0 aromatic heterocycles. The number of carbonyl (C=O) groups excluding carboxylic acids is 1. The van der Waals surface area contributed by atoms with Gasteiger partial charge in [0.1, 0.15) is 0 Å². The molecule has 0 fully saturated rings. The van der Waals surface area contributed by atoms with Gasteiger partial charge in [-0.05, 0) is 6.42 Å². The van der Waals surface area contributed by atoms with Crippen molar-refractivity contribution in [2.45, 2.75) is 32.3 Å². The topological polar surface area (TPSA) is 35.5 Å². The SMILES string of the molecule is CCCC(CC(=O)OC)OC. The fourth-order valence-electron chi connectivity index (χ4n) is 0.894. The van der Waals surface area contributed by atoms with E-state index in [1.165, 1.54) is 7.11 Å². The van der Waals surface area contributed by atoms with Crippen LogP contribution in [-0.2, 0) is 14.3 Å². The van der Waals surface area contributed by atoms with Gasteiger partial charge >= 0.3 is 5.97 Å². The van der Waals surface area contributed by atoms with Gasteiger partial charge in [-0.15, -0.1) is 0 Å². The Morgan fingerprint density at radius 3 is 2.45 bits per heavy atom. The second-order valence-electron chi connectivity index (χ2n) is 2.43. The molecule has 0 radical (unpaired) electrons. The Morgan fingerprint density at radius 2 is 2.09 bits per heavy atom. The number of esters is 1. The zero-order valence-corrected chi connectivity index (χ0v) is 7.42. The van der Waals surface area contributed by atoms with E-state index in [1.807, 2.05) is 0 Å². The highest BCUT2D eigenvalue weighted by molar-refractivity contribution is 5.69. The molecule has 0 heterocycles. The first-order valence-electron chi connectivity index (χ1n) is 3.84. The highest BCUT2D eigenvalue weighted by atomic mass is 16.5. The van der Waals surface area contributed by atoms with Crippen LogP contribution in [0.1, 0.15) is 26.2 Å². The molecule has 66 valence electrons. The van der Waals surface area contributed by atoms with Crippen molar-refractivity contribution in [3.8, 4) is 0 Å². The first-order chi connectivity index (χ1) is 5.24. The van der Waals surface area contributed by atoms with Crippen LogP contribution < -0.4 is 0 Å². The van der Waals surface area contributed by atoms with Gasteiger partial charge in [0, 0.05) is 7.11 Å². The Bertz CT molecular complexity index is 112. The number of hydrogen-bond acceptors (Lipinski definition) is 3. The third-order valence-corrected chi connectivity index (χ3v) is 1.57. The summed E-state index contributed by atoms with van der Waals surface area (Å²) in [6, 6.07) is 0. The van der Waals surface area contributed by atoms with E-state index in [9.17, 15) is 4.79 Å². The van der Waals surface area contributed by atoms with Crippen LogP contribution in [0.3, 0.4) is 0 Å². The number of hydrogen-bond donors (Lipinski definition) is 0. The molecule has 0 aromatic rings. The van der Waals surface area contributed by atoms with Gasteiger partial charge in [0.15, 0.2) is 0 Å². The van der Waals surface area contributed by atoms with E-state index in [0.717, 1.165) is 12.8 Å². The summed E-state index contributed by atoms with van der Waals surface area (Å²) in [4.78, 5) is 10.8. The molecule has 1 unspecified atom stereocenters. The molecule has 0 bridgehead atoms. The van der Waals surface area contributed by atoms with Crippen LogP contribution in [0.15, 0.2) is 0 Å². The molecule has 0 aromatic carbocycles. The molecule has 1 atom stereocenters. The molecular weight excluding hydrogens is 144 g/mol. The Balaban J connectivity index is 3.58. The van der Waals surface area contributed by atoms with Crippen LogP contribution in [0.5, 0.6) is 0 Å². The summed E-state index contributed by atoms with van der Waals surface area (Å²) in [5.74, 6) is -0.203. The zero-order chi connectivity index (χ0) is 8.69. The van der Waals surface area contributed by atoms with Crippen LogP contribution in [0.2, 0.25) is 0 Å². The van der Waals surface area contributed by atoms with E-state index < -0.39 is 0 Å². The fourth-order valence-corrected chi connectivity index (χ4v) is 0.894. The molecule has 0 N–H and O–H groups in total. The van der Waals surface area contributed by atoms with Crippen molar-refractivity contribution in [1.82, 2.24) is 0 Å². The van der Waals surface area contributed by atoms with Crippen molar-refractivity contribution in [1.29, 1.82) is 0 Å². The fraction of sp³-hybridized carbons (Fsp3) is 0.875. The molecule has 0 rings (SSSR count). The van der Waals surface area contributed by atoms with Gasteiger partial charge in [-0.3, -0.25) is 4.79 Å². The molecule has 11 heavy (non-hydrogen) atoms. The van der Waals surface area contributed by atoms with Gasteiger partial charge in [0.25, 0.3) is 0 Å². The molecule has 3 nitrogen and oxygen atoms in total. The lowest BCUT2D eigenvalue weighted by Crippen LogP contribution is -2.16. The summed E-state index contributed by atoms with van der Waals surface area (Å²) in [5, 5.41) is 0. The minimum absolute atomic E-state index is 0.0208. The van der Waals surface area contributed by atoms with E-state index in [4.69, 9.17) is 4.74 Å². The molecule has 0 aliphatic carbocycles. The summed E-state index contributed by atoms with van der Waals surface area (Å²) in [7, 11) is 3.00. The standard InChI is InChI=1S/C8H16O3/c1-4-5-7(10-2)6-8(9)11-3/h7H,4-6H2,1-3H3. The zero-order valence-electron chi connectivity index (χ0n) is 7.42. The average molecular weight is 160 g/mol. The average Bonchev–Trinajstić information content (AvgIpc) is 2.03. The number of carbonyl (C=O) groups is 1. The van der Waals surface area contributed by atoms with E-state index in [-0.39, 0.29) is 12.1 Å². The van der Waals surface area contributed by atoms with Crippen molar-refractivity contribution in [2.24, 2.45) is 0 Å². The Morgan fingerprint density at radius 1 is 1.45 bits per heavy atom. The predicted molar refractivity (Wildman–Crippen MR) is 42.3 cm³/mol. The molecule has 0 saturated carbocycles. The minimum Gasteiger partial charge on any atom is -0.469 e. The lowest BCUT2D eigenvalue weighted by molar-refractivity contribution is -0.143. The Labute approximate surface area is 67.7 Å². The molecule has 0 amide bonds. The first-order valence-corrected chi connectivity index (χ1v) is 3.84. The first kappa shape index (κ1) is 10.4. The van der Waals surface area contributed by atoms with Crippen molar-refractivity contribution in [3.63, 3.8) is 0 Å². The normalized spacial score (nSPS) is 12.6. The molecule has 0 saturated heterocycles. The van der Waals surface area contributed by atoms with Crippen molar-refractivity contribution in [2.75, 3.05) is 14.2 Å². The third-order valence-electron chi connectivity index (χ3n) is 1.57. The van der Waals surface area contributed by atoms with Crippen LogP contribution in [0.4, 0.5) is 0 Å². The summed E-state index contributed by atoms with van der Waals surface area (Å²) < 4.78 is 9.57. The van der Waals surface area contributed by atoms with Gasteiger partial charge in [-0.25, -0.2) is 0 Å². The number of rotatable bonds is 5. The maximum atomic E-state index is 10.8. The van der Waals surface area contributed by atoms with Gasteiger partial charge in [-0.1, -0.05) is 13.3 Å². The summed E-state index contributed by atoms with van der Waals surface area (Å²) in [5.41, 5.74) is 0. The smallest absolute Gasteiger partial charge is 0.308 e. The largest absolute Gasteiger partial charge is 0.469 e. The van der Waals surface area contributed by atoms with Crippen molar-refractivity contribution in [3.05, 3.63) is 0 Å². The van der Waals surface area contributed by atoms with Gasteiger partial charge in [0.2, 0.25) is 0 Å². The van der Waals surface area contributed by atoms with E-state index in [0.29, 0.717) is 6.42 Å². The summed E-state index contributed by atoms with van der Waals surface area (Å²) in [6.07, 6.45) is 2.31. The quantitative estimate of drug-likeness (QED) is 0.570. The van der Waals surface area contributed by atoms with Gasteiger partial charge in [-0.2, -0.15) is 0 Å². The second-order valence-corrected chi connectivity index (χ2v) is 2.43. The highest BCUT2D eigenvalue weighted by Crippen LogP contribution is 2.05. The van der Waals surface area contributed by atoms with Crippen LogP contribution >= 0.6 is 0 Å². The lowest BCUT2D eigenvalue weighted by Gasteiger charge is -2.11. The number of methoxy groups -OCH3 is 2. The minimum atomic E-state index is -0.203. The van der Waals surface area contributed by atoms with E-state index in [2.05, 4.69) is 11.7 Å². The van der Waals surface area contributed by atoms with Crippen LogP contribution in [-0.4, -0.2) is 26.3 Å². The molecule has 3 heteroatoms. The summed E-state index contributed by atoms with van der Waals surface area (Å²) in [6.45, 7) is 2.06. The third kappa shape index (κ3) is 4.79. The Hall–Kier alpha value is -0.570. The second kappa shape index (κ2) is 6.16. The lowest BCUT2D eigenvalue weighted by atomic mass is 10.1. The molecule has 0 spiro atoms. The van der Waals surface area contributed by atoms with Gasteiger partial charge in [0.05, 0.1) is 19.6 Å². The molecule has 0 aliphatic heterocycles. The van der Waals surface area contributed by atoms with E-state index >= 15 is 0 Å². The summed E-state index contributed by atoms with van der Waals surface area (Å²) >= 11 is 0. The predicted octanol–water partition coefficient (Wildman–Crippen LogP) is 1.36. The highest BCUT2D eigenvalue weighted by Gasteiger charge is 2.11. The van der Waals surface area contributed by atoms with Crippen molar-refractivity contribution >= 4 is 5.97 Å². The van der Waals surface area contributed by atoms with Crippen molar-refractivity contribution < 1.29 is 14.3 Å². The molecule has 0 aliphatic rings. The monoisotopic (exact) mass is 160 g/mol. The molecular formula is C8H16O3. The maximum absolute atomic E-state index is 10.8. The maximum Gasteiger partial charge on any atom is 0.308 e. The van der Waals surface area contributed by atoms with Crippen LogP contribution in [0, 0.1) is 0 Å². The Kier molecular flexibility index (Phi) is 5.84. The van der Waals surface area contributed by atoms with Crippen LogP contribution in [0.25, 0.3) is 0 Å².